The second-order valence-corrected chi connectivity index (χ2v) is 7.34. The summed E-state index contributed by atoms with van der Waals surface area (Å²) in [6.07, 6.45) is 0. The van der Waals surface area contributed by atoms with Gasteiger partial charge >= 0.3 is 0 Å². The van der Waals surface area contributed by atoms with Crippen LogP contribution in [-0.2, 0) is 0 Å². The summed E-state index contributed by atoms with van der Waals surface area (Å²) >= 11 is 3.52. The Labute approximate surface area is 173 Å². The summed E-state index contributed by atoms with van der Waals surface area (Å²) in [7, 11) is 0. The van der Waals surface area contributed by atoms with Crippen LogP contribution in [0.5, 0.6) is 0 Å². The number of aromatic nitrogens is 1. The van der Waals surface area contributed by atoms with Gasteiger partial charge in [-0.05, 0) is 53.6 Å². The van der Waals surface area contributed by atoms with Crippen LogP contribution in [0.3, 0.4) is 0 Å². The van der Waals surface area contributed by atoms with Gasteiger partial charge in [0.25, 0.3) is 0 Å². The largest absolute Gasteiger partial charge is 0.309 e. The monoisotopic (exact) mass is 425 g/mol. The molecule has 0 saturated heterocycles. The first-order chi connectivity index (χ1) is 13.8. The smallest absolute Gasteiger partial charge is 0.0541 e. The number of para-hydroxylation sites is 2. The fourth-order valence-electron chi connectivity index (χ4n) is 3.65. The lowest BCUT2D eigenvalue weighted by atomic mass is 10.0. The molecule has 5 rings (SSSR count). The van der Waals surface area contributed by atoms with E-state index in [1.807, 2.05) is 0 Å². The zero-order valence-electron chi connectivity index (χ0n) is 15.5. The van der Waals surface area contributed by atoms with Crippen molar-refractivity contribution in [1.82, 2.24) is 4.57 Å². The highest BCUT2D eigenvalue weighted by Crippen LogP contribution is 2.34. The summed E-state index contributed by atoms with van der Waals surface area (Å²) in [4.78, 5) is 0. The van der Waals surface area contributed by atoms with Gasteiger partial charge < -0.3 is 4.57 Å². The highest BCUT2D eigenvalue weighted by Gasteiger charge is 2.12. The number of hydrogen-bond acceptors (Lipinski definition) is 0. The molecule has 0 aliphatic carbocycles. The molecule has 0 saturated carbocycles. The lowest BCUT2D eigenvalue weighted by Gasteiger charge is -2.08. The molecule has 0 unspecified atom stereocenters. The standard InChI is InChI=1S/C24H16BrN.C2H4/c25-19-13-10-17(11-14-19)18-12-15-24-22(16-18)21-8-4-5-9-23(21)26(24)20-6-2-1-3-7-20;1-2/h1-16H;1-2H2. The second-order valence-electron chi connectivity index (χ2n) is 6.43. The highest BCUT2D eigenvalue weighted by atomic mass is 79.9. The molecule has 1 aromatic heterocycles. The van der Waals surface area contributed by atoms with Gasteiger partial charge in [-0.3, -0.25) is 0 Å². The van der Waals surface area contributed by atoms with Crippen molar-refractivity contribution >= 4 is 37.7 Å². The summed E-state index contributed by atoms with van der Waals surface area (Å²) in [6.45, 7) is 6.00. The van der Waals surface area contributed by atoms with Crippen LogP contribution in [0.2, 0.25) is 0 Å². The van der Waals surface area contributed by atoms with E-state index in [1.54, 1.807) is 0 Å². The second kappa shape index (κ2) is 7.87. The van der Waals surface area contributed by atoms with Gasteiger partial charge in [-0.15, -0.1) is 13.2 Å². The van der Waals surface area contributed by atoms with Gasteiger partial charge in [0.15, 0.2) is 0 Å². The average molecular weight is 426 g/mol. The molecule has 0 amide bonds. The van der Waals surface area contributed by atoms with Crippen LogP contribution in [0.4, 0.5) is 0 Å². The number of benzene rings is 4. The van der Waals surface area contributed by atoms with Crippen molar-refractivity contribution in [2.45, 2.75) is 0 Å². The lowest BCUT2D eigenvalue weighted by molar-refractivity contribution is 1.18. The molecule has 0 bridgehead atoms. The van der Waals surface area contributed by atoms with Crippen molar-refractivity contribution in [1.29, 1.82) is 0 Å². The van der Waals surface area contributed by atoms with Crippen molar-refractivity contribution in [3.05, 3.63) is 115 Å². The molecule has 0 aliphatic heterocycles. The minimum atomic E-state index is 1.10. The molecule has 0 N–H and O–H groups in total. The number of fused-ring (bicyclic) bond motifs is 3. The first kappa shape index (κ1) is 18.3. The molecule has 5 aromatic rings. The highest BCUT2D eigenvalue weighted by molar-refractivity contribution is 9.10. The molecule has 0 aliphatic rings. The molecule has 1 nitrogen and oxygen atoms in total. The van der Waals surface area contributed by atoms with E-state index in [1.165, 1.54) is 38.6 Å². The van der Waals surface area contributed by atoms with Gasteiger partial charge in [-0.25, -0.2) is 0 Å². The Kier molecular flexibility index (Phi) is 5.14. The maximum atomic E-state index is 3.52. The van der Waals surface area contributed by atoms with Gasteiger partial charge in [-0.1, -0.05) is 70.5 Å². The third kappa shape index (κ3) is 3.17. The van der Waals surface area contributed by atoms with Gasteiger partial charge in [0.05, 0.1) is 11.0 Å². The molecule has 1 heterocycles. The molecule has 28 heavy (non-hydrogen) atoms. The molecule has 136 valence electrons. The quantitative estimate of drug-likeness (QED) is 0.252. The van der Waals surface area contributed by atoms with Crippen LogP contribution in [0.15, 0.2) is 115 Å². The van der Waals surface area contributed by atoms with Crippen molar-refractivity contribution < 1.29 is 0 Å². The summed E-state index contributed by atoms with van der Waals surface area (Å²) in [5.74, 6) is 0. The summed E-state index contributed by atoms with van der Waals surface area (Å²) in [5.41, 5.74) is 6.13. The van der Waals surface area contributed by atoms with Crippen LogP contribution in [-0.4, -0.2) is 4.57 Å². The average Bonchev–Trinajstić information content (AvgIpc) is 3.10. The van der Waals surface area contributed by atoms with Crippen molar-refractivity contribution in [2.75, 3.05) is 0 Å². The van der Waals surface area contributed by atoms with E-state index in [0.717, 1.165) is 4.47 Å². The molecule has 0 radical (unpaired) electrons. The van der Waals surface area contributed by atoms with E-state index in [4.69, 9.17) is 0 Å². The van der Waals surface area contributed by atoms with E-state index >= 15 is 0 Å². The van der Waals surface area contributed by atoms with Crippen LogP contribution < -0.4 is 0 Å². The van der Waals surface area contributed by atoms with E-state index in [2.05, 4.69) is 131 Å². The normalized spacial score (nSPS) is 10.6. The van der Waals surface area contributed by atoms with Gasteiger partial charge in [0.1, 0.15) is 0 Å². The summed E-state index contributed by atoms with van der Waals surface area (Å²) < 4.78 is 3.44. The Morgan fingerprint density at radius 1 is 0.571 bits per heavy atom. The first-order valence-electron chi connectivity index (χ1n) is 9.16. The predicted octanol–water partition coefficient (Wildman–Crippen LogP) is 8.02. The minimum Gasteiger partial charge on any atom is -0.309 e. The maximum Gasteiger partial charge on any atom is 0.0541 e. The molecule has 4 aromatic carbocycles. The molecule has 2 heteroatoms. The van der Waals surface area contributed by atoms with Crippen LogP contribution in [0, 0.1) is 0 Å². The fraction of sp³-hybridized carbons (Fsp3) is 0. The Morgan fingerprint density at radius 2 is 1.18 bits per heavy atom. The summed E-state index contributed by atoms with van der Waals surface area (Å²) in [6, 6.07) is 34.4. The van der Waals surface area contributed by atoms with Gasteiger partial charge in [0, 0.05) is 20.9 Å². The van der Waals surface area contributed by atoms with Crippen molar-refractivity contribution in [2.24, 2.45) is 0 Å². The summed E-state index contributed by atoms with van der Waals surface area (Å²) in [5, 5.41) is 2.56. The molecule has 0 fully saturated rings. The molecule has 0 spiro atoms. The van der Waals surface area contributed by atoms with Crippen molar-refractivity contribution in [3.8, 4) is 16.8 Å². The van der Waals surface area contributed by atoms with E-state index in [0.29, 0.717) is 0 Å². The predicted molar refractivity (Wildman–Crippen MR) is 125 cm³/mol. The lowest BCUT2D eigenvalue weighted by Crippen LogP contribution is -1.92. The third-order valence-corrected chi connectivity index (χ3v) is 5.39. The minimum absolute atomic E-state index is 1.10. The Hall–Kier alpha value is -3.10. The zero-order chi connectivity index (χ0) is 19.5. The van der Waals surface area contributed by atoms with Gasteiger partial charge in [-0.2, -0.15) is 0 Å². The van der Waals surface area contributed by atoms with Gasteiger partial charge in [0.2, 0.25) is 0 Å². The zero-order valence-corrected chi connectivity index (χ0v) is 17.1. The molecule has 0 atom stereocenters. The maximum absolute atomic E-state index is 3.52. The van der Waals surface area contributed by atoms with Crippen LogP contribution in [0.1, 0.15) is 0 Å². The number of nitrogens with zero attached hydrogens (tertiary/aromatic N) is 1. The number of hydrogen-bond donors (Lipinski definition) is 0. The third-order valence-electron chi connectivity index (χ3n) is 4.86. The Morgan fingerprint density at radius 3 is 1.93 bits per heavy atom. The fourth-order valence-corrected chi connectivity index (χ4v) is 3.91. The van der Waals surface area contributed by atoms with E-state index in [9.17, 15) is 0 Å². The first-order valence-corrected chi connectivity index (χ1v) is 9.95. The van der Waals surface area contributed by atoms with Crippen molar-refractivity contribution in [3.63, 3.8) is 0 Å². The van der Waals surface area contributed by atoms with Crippen LogP contribution in [0.25, 0.3) is 38.6 Å². The Balaban J connectivity index is 0.000000932. The number of halogens is 1. The van der Waals surface area contributed by atoms with E-state index in [-0.39, 0.29) is 0 Å². The SMILES string of the molecule is Brc1ccc(-c2ccc3c(c2)c2ccccc2n3-c2ccccc2)cc1.C=C. The van der Waals surface area contributed by atoms with Crippen LogP contribution >= 0.6 is 15.9 Å². The topological polar surface area (TPSA) is 4.93 Å². The molecular formula is C26H20BrN. The van der Waals surface area contributed by atoms with E-state index < -0.39 is 0 Å². The Bertz CT molecular complexity index is 1230. The molecular weight excluding hydrogens is 406 g/mol. The number of rotatable bonds is 2.